The van der Waals surface area contributed by atoms with Crippen molar-refractivity contribution in [3.8, 4) is 0 Å². The normalized spacial score (nSPS) is 23.7. The first-order chi connectivity index (χ1) is 16.4. The molecule has 5 N–H and O–H groups in total. The Morgan fingerprint density at radius 1 is 1.26 bits per heavy atom. The summed E-state index contributed by atoms with van der Waals surface area (Å²) in [6.45, 7) is 1.28. The van der Waals surface area contributed by atoms with Crippen LogP contribution in [0.1, 0.15) is 24.8 Å². The van der Waals surface area contributed by atoms with E-state index >= 15 is 0 Å². The molecule has 0 amide bonds. The van der Waals surface area contributed by atoms with Crippen LogP contribution in [0.5, 0.6) is 0 Å². The van der Waals surface area contributed by atoms with Crippen LogP contribution in [0.2, 0.25) is 5.28 Å². The number of ether oxygens (including phenoxy) is 2. The lowest BCUT2D eigenvalue weighted by molar-refractivity contribution is -0.0610. The molecule has 1 unspecified atom stereocenters. The number of aliphatic hydroxyl groups excluding tert-OH is 2. The topological polar surface area (TPSA) is 159 Å². The molecule has 4 rings (SSSR count). The van der Waals surface area contributed by atoms with Crippen molar-refractivity contribution in [1.82, 2.24) is 14.5 Å². The molecule has 3 aromatic rings. The zero-order chi connectivity index (χ0) is 25.5. The van der Waals surface area contributed by atoms with Gasteiger partial charge >= 0.3 is 7.60 Å². The molecule has 0 spiro atoms. The van der Waals surface area contributed by atoms with E-state index in [2.05, 4.69) is 15.3 Å². The molecule has 3 heterocycles. The van der Waals surface area contributed by atoms with Crippen LogP contribution in [0, 0.1) is 11.6 Å². The molecule has 1 aliphatic heterocycles. The third-order valence-corrected chi connectivity index (χ3v) is 6.17. The van der Waals surface area contributed by atoms with E-state index in [1.807, 2.05) is 0 Å². The maximum absolute atomic E-state index is 14.2. The van der Waals surface area contributed by atoms with Crippen molar-refractivity contribution >= 4 is 36.0 Å². The van der Waals surface area contributed by atoms with Gasteiger partial charge < -0.3 is 39.4 Å². The number of aliphatic hydroxyl groups is 2. The number of hydrogen-bond donors (Lipinski definition) is 5. The average Bonchev–Trinajstić information content (AvgIpc) is 3.29. The number of rotatable bonds is 8. The van der Waals surface area contributed by atoms with Crippen LogP contribution in [0.25, 0.3) is 11.0 Å². The van der Waals surface area contributed by atoms with E-state index in [1.165, 1.54) is 16.8 Å². The monoisotopic (exact) mass is 534 g/mol. The predicted octanol–water partition coefficient (Wildman–Crippen LogP) is 2.31. The number of fused-ring (bicyclic) bond motifs is 1. The van der Waals surface area contributed by atoms with E-state index in [0.717, 1.165) is 12.1 Å². The van der Waals surface area contributed by atoms with Crippen LogP contribution >= 0.6 is 19.2 Å². The van der Waals surface area contributed by atoms with Crippen LogP contribution in [-0.4, -0.2) is 65.8 Å². The van der Waals surface area contributed by atoms with Crippen molar-refractivity contribution in [1.29, 1.82) is 0 Å². The lowest BCUT2D eigenvalue weighted by atomic mass is 10.1. The van der Waals surface area contributed by atoms with Crippen molar-refractivity contribution in [2.24, 2.45) is 0 Å². The highest BCUT2D eigenvalue weighted by molar-refractivity contribution is 7.51. The first kappa shape index (κ1) is 25.9. The van der Waals surface area contributed by atoms with Crippen molar-refractivity contribution in [2.75, 3.05) is 18.3 Å². The summed E-state index contributed by atoms with van der Waals surface area (Å²) in [6, 6.07) is 4.20. The Kier molecular flexibility index (Phi) is 7.41. The molecule has 1 aliphatic rings. The number of nitrogens with one attached hydrogen (secondary N) is 1. The van der Waals surface area contributed by atoms with Crippen LogP contribution in [0.15, 0.2) is 30.5 Å². The largest absolute Gasteiger partial charge is 0.387 e. The van der Waals surface area contributed by atoms with Gasteiger partial charge in [-0.25, -0.2) is 13.8 Å². The van der Waals surface area contributed by atoms with E-state index in [-0.39, 0.29) is 28.9 Å². The van der Waals surface area contributed by atoms with Crippen LogP contribution in [-0.2, 0) is 14.0 Å². The first-order valence-electron chi connectivity index (χ1n) is 10.3. The second-order valence-electron chi connectivity index (χ2n) is 8.04. The van der Waals surface area contributed by atoms with Gasteiger partial charge in [-0.2, -0.15) is 4.98 Å². The smallest absolute Gasteiger partial charge is 0.350 e. The number of aromatic nitrogens is 3. The van der Waals surface area contributed by atoms with E-state index in [1.54, 1.807) is 13.0 Å². The minimum atomic E-state index is -4.41. The number of anilines is 1. The summed E-state index contributed by atoms with van der Waals surface area (Å²) >= 11 is 6.10. The molecule has 15 heteroatoms. The van der Waals surface area contributed by atoms with Crippen LogP contribution in [0.3, 0.4) is 0 Å². The van der Waals surface area contributed by atoms with Gasteiger partial charge in [0.2, 0.25) is 5.28 Å². The summed E-state index contributed by atoms with van der Waals surface area (Å²) in [6.07, 6.45) is -4.38. The van der Waals surface area contributed by atoms with Crippen molar-refractivity contribution < 1.29 is 42.8 Å². The molecule has 190 valence electrons. The maximum Gasteiger partial charge on any atom is 0.350 e. The summed E-state index contributed by atoms with van der Waals surface area (Å²) in [5, 5.41) is 24.2. The maximum atomic E-state index is 14.2. The molecule has 0 saturated carbocycles. The summed E-state index contributed by atoms with van der Waals surface area (Å²) in [7, 11) is -4.41. The minimum Gasteiger partial charge on any atom is -0.387 e. The van der Waals surface area contributed by atoms with Gasteiger partial charge in [-0.05, 0) is 30.7 Å². The molecule has 1 saturated heterocycles. The van der Waals surface area contributed by atoms with Gasteiger partial charge in [0.25, 0.3) is 0 Å². The molecule has 2 aromatic heterocycles. The molecular formula is C20H22ClF2N4O7P. The average molecular weight is 535 g/mol. The van der Waals surface area contributed by atoms with Gasteiger partial charge in [-0.3, -0.25) is 4.57 Å². The highest BCUT2D eigenvalue weighted by atomic mass is 35.5. The van der Waals surface area contributed by atoms with Crippen molar-refractivity contribution in [2.45, 2.75) is 37.5 Å². The van der Waals surface area contributed by atoms with Gasteiger partial charge in [-0.1, -0.05) is 6.07 Å². The van der Waals surface area contributed by atoms with Gasteiger partial charge in [0.15, 0.2) is 6.23 Å². The fraction of sp³-hybridized carbons (Fsp3) is 0.400. The van der Waals surface area contributed by atoms with Gasteiger partial charge in [-0.15, -0.1) is 0 Å². The highest BCUT2D eigenvalue weighted by Crippen LogP contribution is 2.37. The number of nitrogens with zero attached hydrogens (tertiary/aromatic N) is 3. The Bertz CT molecular complexity index is 1280. The molecule has 0 aliphatic carbocycles. The highest BCUT2D eigenvalue weighted by Gasteiger charge is 2.44. The van der Waals surface area contributed by atoms with Crippen LogP contribution < -0.4 is 5.32 Å². The van der Waals surface area contributed by atoms with E-state index < -0.39 is 56.2 Å². The quantitative estimate of drug-likeness (QED) is 0.214. The molecule has 35 heavy (non-hydrogen) atoms. The number of halogens is 3. The molecule has 11 nitrogen and oxygen atoms in total. The lowest BCUT2D eigenvalue weighted by Crippen LogP contribution is -2.33. The van der Waals surface area contributed by atoms with Crippen molar-refractivity contribution in [3.63, 3.8) is 0 Å². The zero-order valence-electron chi connectivity index (χ0n) is 18.1. The van der Waals surface area contributed by atoms with Gasteiger partial charge in [0.05, 0.1) is 18.0 Å². The number of benzene rings is 1. The zero-order valence-corrected chi connectivity index (χ0v) is 19.8. The first-order valence-corrected chi connectivity index (χ1v) is 12.5. The predicted molar refractivity (Wildman–Crippen MR) is 120 cm³/mol. The van der Waals surface area contributed by atoms with Crippen LogP contribution in [0.4, 0.5) is 14.6 Å². The Morgan fingerprint density at radius 3 is 2.69 bits per heavy atom. The Balaban J connectivity index is 1.58. The molecule has 0 radical (unpaired) electrons. The third kappa shape index (κ3) is 5.63. The summed E-state index contributed by atoms with van der Waals surface area (Å²) in [4.78, 5) is 26.1. The fourth-order valence-corrected chi connectivity index (χ4v) is 4.35. The van der Waals surface area contributed by atoms with Crippen molar-refractivity contribution in [3.05, 3.63) is 52.9 Å². The second-order valence-corrected chi connectivity index (χ2v) is 9.97. The summed E-state index contributed by atoms with van der Waals surface area (Å²) in [5.41, 5.74) is 0.428. The molecule has 0 bridgehead atoms. The number of hydrogen-bond acceptors (Lipinski definition) is 8. The third-order valence-electron chi connectivity index (χ3n) is 5.48. The molecule has 1 aromatic carbocycles. The van der Waals surface area contributed by atoms with Gasteiger partial charge in [0.1, 0.15) is 47.8 Å². The molecule has 1 fully saturated rings. The Labute approximate surface area is 202 Å². The molecular weight excluding hydrogens is 513 g/mol. The minimum absolute atomic E-state index is 0.165. The summed E-state index contributed by atoms with van der Waals surface area (Å²) in [5.74, 6) is -1.20. The SMILES string of the molecule is CC(Nc1nc(Cl)nc2c1ccn2[C@@H]1O[C@H](COCP(=O)(O)O)[C@@H](O)[C@H]1O)c1ccc(F)cc1F. The Hall–Kier alpha value is -2.22. The standard InChI is InChI=1S/C20H22ClF2N4O7P/c1-9(11-3-2-10(22)6-13(11)23)24-17-12-4-5-27(18(12)26-20(21)25-17)19-16(29)15(28)14(34-19)7-33-8-35(30,31)32/h2-6,9,14-16,19,28-29H,7-8H2,1H3,(H,24,25,26)(H2,30,31,32)/t9?,14-,15-,16-,19-/m1/s1. The van der Waals surface area contributed by atoms with Gasteiger partial charge in [0, 0.05) is 17.8 Å². The fourth-order valence-electron chi connectivity index (χ4n) is 3.84. The lowest BCUT2D eigenvalue weighted by Gasteiger charge is -2.19. The van der Waals surface area contributed by atoms with E-state index in [9.17, 15) is 23.6 Å². The van der Waals surface area contributed by atoms with E-state index in [4.69, 9.17) is 30.9 Å². The Morgan fingerprint density at radius 2 is 2.00 bits per heavy atom. The summed E-state index contributed by atoms with van der Waals surface area (Å²) < 4.78 is 50.4. The van der Waals surface area contributed by atoms with E-state index in [0.29, 0.717) is 5.39 Å². The molecule has 5 atom stereocenters. The second kappa shape index (κ2) is 10.0.